The highest BCUT2D eigenvalue weighted by molar-refractivity contribution is 5.94. The SMILES string of the molecule is C=C(C(C)=O)C(OC(=O)Cc1ccccc1)C(C)C. The molecule has 3 nitrogen and oxygen atoms in total. The first-order valence-corrected chi connectivity index (χ1v) is 6.35. The van der Waals surface area contributed by atoms with Crippen molar-refractivity contribution in [2.75, 3.05) is 0 Å². The molecule has 1 aromatic carbocycles. The normalized spacial score (nSPS) is 12.0. The van der Waals surface area contributed by atoms with Crippen molar-refractivity contribution in [3.8, 4) is 0 Å². The molecular weight excluding hydrogens is 240 g/mol. The molecule has 0 radical (unpaired) electrons. The predicted octanol–water partition coefficient (Wildman–Crippen LogP) is 2.94. The minimum atomic E-state index is -0.547. The van der Waals surface area contributed by atoms with Gasteiger partial charge in [0.25, 0.3) is 0 Å². The third kappa shape index (κ3) is 4.70. The Hall–Kier alpha value is -1.90. The van der Waals surface area contributed by atoms with Crippen LogP contribution in [0.4, 0.5) is 0 Å². The van der Waals surface area contributed by atoms with Crippen molar-refractivity contribution in [3.05, 3.63) is 48.0 Å². The summed E-state index contributed by atoms with van der Waals surface area (Å²) in [4.78, 5) is 23.2. The molecule has 0 saturated heterocycles. The third-order valence-electron chi connectivity index (χ3n) is 2.85. The van der Waals surface area contributed by atoms with E-state index in [2.05, 4.69) is 6.58 Å². The van der Waals surface area contributed by atoms with Crippen LogP contribution in [-0.2, 0) is 20.7 Å². The van der Waals surface area contributed by atoms with E-state index < -0.39 is 6.10 Å². The summed E-state index contributed by atoms with van der Waals surface area (Å²) in [5.41, 5.74) is 1.24. The number of carbonyl (C=O) groups excluding carboxylic acids is 2. The third-order valence-corrected chi connectivity index (χ3v) is 2.85. The number of ketones is 1. The number of esters is 1. The second kappa shape index (κ2) is 6.88. The zero-order valence-corrected chi connectivity index (χ0v) is 11.7. The van der Waals surface area contributed by atoms with Crippen LogP contribution in [0.5, 0.6) is 0 Å². The average Bonchev–Trinajstić information content (AvgIpc) is 2.36. The largest absolute Gasteiger partial charge is 0.457 e. The second-order valence-corrected chi connectivity index (χ2v) is 4.90. The number of hydrogen-bond acceptors (Lipinski definition) is 3. The van der Waals surface area contributed by atoms with E-state index >= 15 is 0 Å². The van der Waals surface area contributed by atoms with Crippen LogP contribution in [0.2, 0.25) is 0 Å². The van der Waals surface area contributed by atoms with Gasteiger partial charge >= 0.3 is 5.97 Å². The van der Waals surface area contributed by atoms with Gasteiger partial charge < -0.3 is 4.74 Å². The fourth-order valence-corrected chi connectivity index (χ4v) is 1.76. The zero-order valence-electron chi connectivity index (χ0n) is 11.7. The molecular formula is C16H20O3. The van der Waals surface area contributed by atoms with E-state index in [9.17, 15) is 9.59 Å². The minimum absolute atomic E-state index is 0.0242. The summed E-state index contributed by atoms with van der Waals surface area (Å²) in [6, 6.07) is 9.37. The van der Waals surface area contributed by atoms with Crippen molar-refractivity contribution in [2.45, 2.75) is 33.3 Å². The molecule has 0 saturated carbocycles. The van der Waals surface area contributed by atoms with E-state index in [-0.39, 0.29) is 24.1 Å². The van der Waals surface area contributed by atoms with Crippen molar-refractivity contribution in [1.29, 1.82) is 0 Å². The van der Waals surface area contributed by atoms with Crippen molar-refractivity contribution in [1.82, 2.24) is 0 Å². The van der Waals surface area contributed by atoms with Gasteiger partial charge in [-0.3, -0.25) is 9.59 Å². The van der Waals surface area contributed by atoms with Crippen molar-refractivity contribution >= 4 is 11.8 Å². The Morgan fingerprint density at radius 3 is 2.26 bits per heavy atom. The Labute approximate surface area is 114 Å². The van der Waals surface area contributed by atoms with Crippen LogP contribution in [0.25, 0.3) is 0 Å². The standard InChI is InChI=1S/C16H20O3/c1-11(2)16(12(3)13(4)17)19-15(18)10-14-8-6-5-7-9-14/h5-9,11,16H,3,10H2,1-2,4H3. The fraction of sp³-hybridized carbons (Fsp3) is 0.375. The maximum Gasteiger partial charge on any atom is 0.310 e. The molecule has 102 valence electrons. The van der Waals surface area contributed by atoms with Gasteiger partial charge in [-0.15, -0.1) is 0 Å². The van der Waals surface area contributed by atoms with Crippen LogP contribution in [0, 0.1) is 5.92 Å². The zero-order chi connectivity index (χ0) is 14.4. The van der Waals surface area contributed by atoms with Gasteiger partial charge in [-0.1, -0.05) is 50.8 Å². The molecule has 1 aromatic rings. The number of hydrogen-bond donors (Lipinski definition) is 0. The molecule has 0 amide bonds. The molecule has 0 aliphatic rings. The minimum Gasteiger partial charge on any atom is -0.457 e. The number of Topliss-reactive ketones (excluding diaryl/α,β-unsaturated/α-hetero) is 1. The highest BCUT2D eigenvalue weighted by Gasteiger charge is 2.24. The molecule has 1 rings (SSSR count). The molecule has 0 N–H and O–H groups in total. The lowest BCUT2D eigenvalue weighted by molar-refractivity contribution is -0.148. The molecule has 0 spiro atoms. The molecule has 1 atom stereocenters. The lowest BCUT2D eigenvalue weighted by atomic mass is 9.97. The Bertz CT molecular complexity index is 460. The van der Waals surface area contributed by atoms with Gasteiger partial charge in [0.15, 0.2) is 5.78 Å². The van der Waals surface area contributed by atoms with Gasteiger partial charge in [-0.2, -0.15) is 0 Å². The molecule has 0 aliphatic carbocycles. The lowest BCUT2D eigenvalue weighted by Crippen LogP contribution is -2.28. The highest BCUT2D eigenvalue weighted by Crippen LogP contribution is 2.17. The predicted molar refractivity (Wildman–Crippen MR) is 74.7 cm³/mol. The fourth-order valence-electron chi connectivity index (χ4n) is 1.76. The summed E-state index contributed by atoms with van der Waals surface area (Å²) >= 11 is 0. The first kappa shape index (κ1) is 15.2. The first-order chi connectivity index (χ1) is 8.91. The number of carbonyl (C=O) groups is 2. The molecule has 1 unspecified atom stereocenters. The van der Waals surface area contributed by atoms with E-state index in [1.165, 1.54) is 6.92 Å². The average molecular weight is 260 g/mol. The quantitative estimate of drug-likeness (QED) is 0.583. The summed E-state index contributed by atoms with van der Waals surface area (Å²) in [7, 11) is 0. The van der Waals surface area contributed by atoms with Gasteiger partial charge in [-0.05, 0) is 18.4 Å². The van der Waals surface area contributed by atoms with Gasteiger partial charge in [0.2, 0.25) is 0 Å². The van der Waals surface area contributed by atoms with E-state index in [4.69, 9.17) is 4.74 Å². The molecule has 19 heavy (non-hydrogen) atoms. The Morgan fingerprint density at radius 2 is 1.79 bits per heavy atom. The molecule has 0 heterocycles. The van der Waals surface area contributed by atoms with E-state index in [0.717, 1.165) is 5.56 Å². The lowest BCUT2D eigenvalue weighted by Gasteiger charge is -2.22. The maximum absolute atomic E-state index is 11.9. The van der Waals surface area contributed by atoms with Gasteiger partial charge in [0, 0.05) is 5.57 Å². The molecule has 3 heteroatoms. The van der Waals surface area contributed by atoms with Gasteiger partial charge in [0.05, 0.1) is 6.42 Å². The van der Waals surface area contributed by atoms with Crippen LogP contribution >= 0.6 is 0 Å². The molecule has 0 aromatic heterocycles. The monoisotopic (exact) mass is 260 g/mol. The summed E-state index contributed by atoms with van der Waals surface area (Å²) in [6.07, 6.45) is -0.344. The topological polar surface area (TPSA) is 43.4 Å². The smallest absolute Gasteiger partial charge is 0.310 e. The van der Waals surface area contributed by atoms with Crippen LogP contribution < -0.4 is 0 Å². The second-order valence-electron chi connectivity index (χ2n) is 4.90. The summed E-state index contributed by atoms with van der Waals surface area (Å²) < 4.78 is 5.38. The summed E-state index contributed by atoms with van der Waals surface area (Å²) in [5, 5.41) is 0. The number of rotatable bonds is 6. The molecule has 0 aliphatic heterocycles. The Morgan fingerprint density at radius 1 is 1.21 bits per heavy atom. The maximum atomic E-state index is 11.9. The van der Waals surface area contributed by atoms with E-state index in [0.29, 0.717) is 5.57 Å². The Balaban J connectivity index is 2.67. The molecule has 0 fully saturated rings. The van der Waals surface area contributed by atoms with Crippen LogP contribution in [0.3, 0.4) is 0 Å². The highest BCUT2D eigenvalue weighted by atomic mass is 16.5. The van der Waals surface area contributed by atoms with Crippen LogP contribution in [0.1, 0.15) is 26.3 Å². The van der Waals surface area contributed by atoms with Crippen LogP contribution in [0.15, 0.2) is 42.5 Å². The van der Waals surface area contributed by atoms with E-state index in [1.807, 2.05) is 44.2 Å². The Kier molecular flexibility index (Phi) is 5.49. The van der Waals surface area contributed by atoms with Gasteiger partial charge in [0.1, 0.15) is 6.10 Å². The van der Waals surface area contributed by atoms with Crippen LogP contribution in [-0.4, -0.2) is 17.9 Å². The number of ether oxygens (including phenoxy) is 1. The summed E-state index contributed by atoms with van der Waals surface area (Å²) in [6.45, 7) is 8.94. The number of benzene rings is 1. The van der Waals surface area contributed by atoms with Crippen molar-refractivity contribution in [3.63, 3.8) is 0 Å². The molecule has 0 bridgehead atoms. The van der Waals surface area contributed by atoms with Crippen molar-refractivity contribution < 1.29 is 14.3 Å². The first-order valence-electron chi connectivity index (χ1n) is 6.35. The van der Waals surface area contributed by atoms with Gasteiger partial charge in [-0.25, -0.2) is 0 Å². The van der Waals surface area contributed by atoms with E-state index in [1.54, 1.807) is 0 Å². The summed E-state index contributed by atoms with van der Waals surface area (Å²) in [5.74, 6) is -0.463. The van der Waals surface area contributed by atoms with Crippen molar-refractivity contribution in [2.24, 2.45) is 5.92 Å².